The van der Waals surface area contributed by atoms with Crippen LogP contribution in [0.25, 0.3) is 0 Å². The maximum absolute atomic E-state index is 5.29. The average molecular weight is 199 g/mol. The van der Waals surface area contributed by atoms with E-state index in [9.17, 15) is 0 Å². The Labute approximate surface area is 81.9 Å². The van der Waals surface area contributed by atoms with Crippen molar-refractivity contribution in [2.24, 2.45) is 7.05 Å². The SMILES string of the molecule is Cn1[nH]c(=S)nc1C1CCOCC1. The Bertz CT molecular complexity index is 337. The molecule has 0 radical (unpaired) electrons. The van der Waals surface area contributed by atoms with E-state index in [2.05, 4.69) is 10.1 Å². The third-order valence-electron chi connectivity index (χ3n) is 2.41. The molecule has 0 unspecified atom stereocenters. The molecule has 1 N–H and O–H groups in total. The molecule has 0 amide bonds. The van der Waals surface area contributed by atoms with Crippen LogP contribution in [0.2, 0.25) is 0 Å². The predicted molar refractivity (Wildman–Crippen MR) is 51.2 cm³/mol. The maximum atomic E-state index is 5.29. The highest BCUT2D eigenvalue weighted by atomic mass is 32.1. The Morgan fingerprint density at radius 2 is 2.23 bits per heavy atom. The van der Waals surface area contributed by atoms with Crippen molar-refractivity contribution in [1.82, 2.24) is 14.8 Å². The third kappa shape index (κ3) is 1.81. The minimum Gasteiger partial charge on any atom is -0.381 e. The summed E-state index contributed by atoms with van der Waals surface area (Å²) >= 11 is 4.97. The van der Waals surface area contributed by atoms with Gasteiger partial charge in [0.15, 0.2) is 0 Å². The van der Waals surface area contributed by atoms with Gasteiger partial charge in [0, 0.05) is 26.2 Å². The van der Waals surface area contributed by atoms with Gasteiger partial charge in [0.1, 0.15) is 5.82 Å². The van der Waals surface area contributed by atoms with Crippen LogP contribution in [0.3, 0.4) is 0 Å². The topological polar surface area (TPSA) is 42.8 Å². The molecule has 1 aromatic heterocycles. The van der Waals surface area contributed by atoms with E-state index in [4.69, 9.17) is 17.0 Å². The van der Waals surface area contributed by atoms with Crippen LogP contribution in [0.4, 0.5) is 0 Å². The lowest BCUT2D eigenvalue weighted by atomic mass is 10.00. The van der Waals surface area contributed by atoms with E-state index < -0.39 is 0 Å². The summed E-state index contributed by atoms with van der Waals surface area (Å²) in [5, 5.41) is 2.98. The fraction of sp³-hybridized carbons (Fsp3) is 0.750. The summed E-state index contributed by atoms with van der Waals surface area (Å²) in [5.74, 6) is 1.57. The number of aryl methyl sites for hydroxylation is 1. The first-order valence-electron chi connectivity index (χ1n) is 4.48. The van der Waals surface area contributed by atoms with Crippen molar-refractivity contribution in [2.45, 2.75) is 18.8 Å². The molecule has 0 saturated carbocycles. The average Bonchev–Trinajstić information content (AvgIpc) is 2.47. The van der Waals surface area contributed by atoms with E-state index in [0.717, 1.165) is 31.9 Å². The van der Waals surface area contributed by atoms with Crippen LogP contribution in [0.5, 0.6) is 0 Å². The number of rotatable bonds is 1. The van der Waals surface area contributed by atoms with Gasteiger partial charge in [-0.3, -0.25) is 9.78 Å². The van der Waals surface area contributed by atoms with Gasteiger partial charge < -0.3 is 4.74 Å². The maximum Gasteiger partial charge on any atom is 0.213 e. The number of H-pyrrole nitrogens is 1. The van der Waals surface area contributed by atoms with E-state index in [1.807, 2.05) is 11.7 Å². The number of hydrogen-bond acceptors (Lipinski definition) is 3. The van der Waals surface area contributed by atoms with E-state index in [-0.39, 0.29) is 0 Å². The number of nitrogens with one attached hydrogen (secondary N) is 1. The van der Waals surface area contributed by atoms with Crippen molar-refractivity contribution in [3.63, 3.8) is 0 Å². The summed E-state index contributed by atoms with van der Waals surface area (Å²) in [6, 6.07) is 0. The summed E-state index contributed by atoms with van der Waals surface area (Å²) in [5.41, 5.74) is 0. The molecular weight excluding hydrogens is 186 g/mol. The van der Waals surface area contributed by atoms with Crippen molar-refractivity contribution >= 4 is 12.2 Å². The summed E-state index contributed by atoms with van der Waals surface area (Å²) in [6.45, 7) is 1.68. The van der Waals surface area contributed by atoms with Gasteiger partial charge in [-0.05, 0) is 25.1 Å². The first kappa shape index (κ1) is 8.90. The number of hydrogen-bond donors (Lipinski definition) is 1. The third-order valence-corrected chi connectivity index (χ3v) is 2.59. The second kappa shape index (κ2) is 3.59. The van der Waals surface area contributed by atoms with Gasteiger partial charge in [0.2, 0.25) is 4.77 Å². The van der Waals surface area contributed by atoms with Crippen molar-refractivity contribution in [3.05, 3.63) is 10.6 Å². The van der Waals surface area contributed by atoms with E-state index >= 15 is 0 Å². The van der Waals surface area contributed by atoms with Crippen LogP contribution in [0.1, 0.15) is 24.6 Å². The molecule has 1 saturated heterocycles. The monoisotopic (exact) mass is 199 g/mol. The second-order valence-electron chi connectivity index (χ2n) is 3.33. The van der Waals surface area contributed by atoms with Gasteiger partial charge in [-0.25, -0.2) is 4.98 Å². The lowest BCUT2D eigenvalue weighted by Crippen LogP contribution is -2.17. The quantitative estimate of drug-likeness (QED) is 0.695. The minimum absolute atomic E-state index is 0.506. The zero-order chi connectivity index (χ0) is 9.26. The largest absolute Gasteiger partial charge is 0.381 e. The van der Waals surface area contributed by atoms with Crippen LogP contribution in [-0.4, -0.2) is 28.0 Å². The smallest absolute Gasteiger partial charge is 0.213 e. The first-order chi connectivity index (χ1) is 6.27. The fourth-order valence-electron chi connectivity index (χ4n) is 1.73. The molecule has 2 heterocycles. The van der Waals surface area contributed by atoms with Crippen LogP contribution in [-0.2, 0) is 11.8 Å². The molecule has 2 rings (SSSR count). The Morgan fingerprint density at radius 1 is 1.54 bits per heavy atom. The number of nitrogens with zero attached hydrogens (tertiary/aromatic N) is 2. The van der Waals surface area contributed by atoms with Gasteiger partial charge in [0.05, 0.1) is 0 Å². The van der Waals surface area contributed by atoms with Crippen LogP contribution in [0, 0.1) is 4.77 Å². The molecule has 13 heavy (non-hydrogen) atoms. The molecule has 0 bridgehead atoms. The first-order valence-corrected chi connectivity index (χ1v) is 4.89. The zero-order valence-electron chi connectivity index (χ0n) is 7.62. The summed E-state index contributed by atoms with van der Waals surface area (Å²) in [6.07, 6.45) is 2.10. The Kier molecular flexibility index (Phi) is 2.46. The van der Waals surface area contributed by atoms with Crippen molar-refractivity contribution < 1.29 is 4.74 Å². The Balaban J connectivity index is 2.23. The standard InChI is InChI=1S/C8H13N3OS/c1-11-7(9-8(13)10-11)6-2-4-12-5-3-6/h6H,2-5H2,1H3,(H,10,13). The number of aromatic nitrogens is 3. The summed E-state index contributed by atoms with van der Waals surface area (Å²) in [4.78, 5) is 4.30. The highest BCUT2D eigenvalue weighted by Gasteiger charge is 2.19. The zero-order valence-corrected chi connectivity index (χ0v) is 8.43. The highest BCUT2D eigenvalue weighted by molar-refractivity contribution is 7.71. The fourth-order valence-corrected chi connectivity index (χ4v) is 1.96. The molecule has 0 aliphatic carbocycles. The van der Waals surface area contributed by atoms with Crippen molar-refractivity contribution in [2.75, 3.05) is 13.2 Å². The summed E-state index contributed by atoms with van der Waals surface area (Å²) < 4.78 is 7.78. The Morgan fingerprint density at radius 3 is 2.77 bits per heavy atom. The number of ether oxygens (including phenoxy) is 1. The van der Waals surface area contributed by atoms with Crippen LogP contribution in [0.15, 0.2) is 0 Å². The molecule has 72 valence electrons. The molecule has 0 spiro atoms. The van der Waals surface area contributed by atoms with Gasteiger partial charge >= 0.3 is 0 Å². The molecule has 5 heteroatoms. The van der Waals surface area contributed by atoms with Gasteiger partial charge in [-0.2, -0.15) is 0 Å². The lowest BCUT2D eigenvalue weighted by Gasteiger charge is -2.20. The molecule has 0 atom stereocenters. The molecule has 1 aliphatic heterocycles. The van der Waals surface area contributed by atoms with Gasteiger partial charge in [-0.1, -0.05) is 0 Å². The normalized spacial score (nSPS) is 19.2. The summed E-state index contributed by atoms with van der Waals surface area (Å²) in [7, 11) is 1.95. The van der Waals surface area contributed by atoms with Crippen molar-refractivity contribution in [3.8, 4) is 0 Å². The van der Waals surface area contributed by atoms with Gasteiger partial charge in [0.25, 0.3) is 0 Å². The molecule has 0 aromatic carbocycles. The lowest BCUT2D eigenvalue weighted by molar-refractivity contribution is 0.0828. The van der Waals surface area contributed by atoms with E-state index in [1.54, 1.807) is 0 Å². The Hall–Kier alpha value is -0.680. The van der Waals surface area contributed by atoms with Crippen LogP contribution < -0.4 is 0 Å². The molecule has 4 nitrogen and oxygen atoms in total. The van der Waals surface area contributed by atoms with E-state index in [1.165, 1.54) is 0 Å². The molecule has 1 aromatic rings. The van der Waals surface area contributed by atoms with E-state index in [0.29, 0.717) is 10.7 Å². The molecular formula is C8H13N3OS. The highest BCUT2D eigenvalue weighted by Crippen LogP contribution is 2.24. The van der Waals surface area contributed by atoms with Gasteiger partial charge in [-0.15, -0.1) is 0 Å². The minimum atomic E-state index is 0.506. The second-order valence-corrected chi connectivity index (χ2v) is 3.72. The van der Waals surface area contributed by atoms with Crippen LogP contribution >= 0.6 is 12.2 Å². The van der Waals surface area contributed by atoms with Crippen molar-refractivity contribution in [1.29, 1.82) is 0 Å². The predicted octanol–water partition coefficient (Wildman–Crippen LogP) is 1.37. The molecule has 1 aliphatic rings. The number of aromatic amines is 1. The molecule has 1 fully saturated rings.